The van der Waals surface area contributed by atoms with Crippen LogP contribution in [0.25, 0.3) is 0 Å². The predicted octanol–water partition coefficient (Wildman–Crippen LogP) is 5.06. The van der Waals surface area contributed by atoms with Crippen molar-refractivity contribution in [2.45, 2.75) is 33.2 Å². The first-order chi connectivity index (χ1) is 13.5. The van der Waals surface area contributed by atoms with E-state index >= 15 is 0 Å². The fourth-order valence-electron chi connectivity index (χ4n) is 3.28. The van der Waals surface area contributed by atoms with Gasteiger partial charge >= 0.3 is 0 Å². The van der Waals surface area contributed by atoms with E-state index in [1.165, 1.54) is 6.07 Å². The van der Waals surface area contributed by atoms with Gasteiger partial charge < -0.3 is 9.88 Å². The number of carbonyl (C=O) groups excluding carboxylic acids is 1. The van der Waals surface area contributed by atoms with Crippen LogP contribution in [-0.4, -0.2) is 10.5 Å². The Labute approximate surface area is 169 Å². The molecular formula is C23H23ClN2O2. The van der Waals surface area contributed by atoms with Gasteiger partial charge in [-0.25, -0.2) is 0 Å². The minimum absolute atomic E-state index is 0.213. The Kier molecular flexibility index (Phi) is 6.32. The molecule has 0 spiro atoms. The molecule has 0 saturated heterocycles. The van der Waals surface area contributed by atoms with Crippen molar-refractivity contribution >= 4 is 23.2 Å². The van der Waals surface area contributed by atoms with Gasteiger partial charge in [0.05, 0.1) is 0 Å². The van der Waals surface area contributed by atoms with Crippen LogP contribution in [0.2, 0.25) is 5.02 Å². The van der Waals surface area contributed by atoms with Crippen LogP contribution in [0.15, 0.2) is 65.5 Å². The summed E-state index contributed by atoms with van der Waals surface area (Å²) in [4.78, 5) is 25.7. The Morgan fingerprint density at radius 3 is 2.39 bits per heavy atom. The summed E-state index contributed by atoms with van der Waals surface area (Å²) in [6.07, 6.45) is 1.47. The lowest BCUT2D eigenvalue weighted by atomic mass is 10.0. The maximum atomic E-state index is 12.9. The topological polar surface area (TPSA) is 51.1 Å². The monoisotopic (exact) mass is 394 g/mol. The van der Waals surface area contributed by atoms with Crippen LogP contribution in [0.1, 0.15) is 40.7 Å². The average Bonchev–Trinajstić information content (AvgIpc) is 2.67. The molecule has 28 heavy (non-hydrogen) atoms. The molecular weight excluding hydrogens is 372 g/mol. The third-order valence-corrected chi connectivity index (χ3v) is 4.88. The number of halogens is 1. The quantitative estimate of drug-likeness (QED) is 0.635. The summed E-state index contributed by atoms with van der Waals surface area (Å²) in [6, 6.07) is 18.3. The largest absolute Gasteiger partial charge is 0.343 e. The van der Waals surface area contributed by atoms with Gasteiger partial charge in [0.25, 0.3) is 5.91 Å². The minimum atomic E-state index is -0.371. The smallest absolute Gasteiger partial charge is 0.261 e. The van der Waals surface area contributed by atoms with Crippen LogP contribution in [0.4, 0.5) is 5.69 Å². The van der Waals surface area contributed by atoms with Crippen molar-refractivity contribution in [3.05, 3.63) is 98.4 Å². The van der Waals surface area contributed by atoms with Crippen LogP contribution in [-0.2, 0) is 13.0 Å². The van der Waals surface area contributed by atoms with Crippen molar-refractivity contribution < 1.29 is 4.79 Å². The highest BCUT2D eigenvalue weighted by Crippen LogP contribution is 2.17. The lowest BCUT2D eigenvalue weighted by Gasteiger charge is -2.20. The summed E-state index contributed by atoms with van der Waals surface area (Å²) < 4.78 is 2.05. The lowest BCUT2D eigenvalue weighted by molar-refractivity contribution is 0.102. The molecule has 1 amide bonds. The summed E-state index contributed by atoms with van der Waals surface area (Å²) in [5.74, 6) is -0.371. The fraction of sp³-hybridized carbons (Fsp3) is 0.217. The number of hydrogen-bond acceptors (Lipinski definition) is 2. The summed E-state index contributed by atoms with van der Waals surface area (Å²) in [5, 5.41) is 3.52. The molecule has 0 unspecified atom stereocenters. The van der Waals surface area contributed by atoms with Gasteiger partial charge in [0.1, 0.15) is 5.56 Å². The van der Waals surface area contributed by atoms with E-state index in [0.29, 0.717) is 23.7 Å². The SMILES string of the molecule is CCCc1c(C(=O)Nc2ccccc2)c(=O)cc(C)n1Cc1ccc(Cl)cc1. The summed E-state index contributed by atoms with van der Waals surface area (Å²) in [7, 11) is 0. The highest BCUT2D eigenvalue weighted by molar-refractivity contribution is 6.30. The number of hydrogen-bond donors (Lipinski definition) is 1. The molecule has 0 aliphatic carbocycles. The summed E-state index contributed by atoms with van der Waals surface area (Å²) in [6.45, 7) is 4.51. The number of benzene rings is 2. The number of pyridine rings is 1. The number of amides is 1. The second-order valence-electron chi connectivity index (χ2n) is 6.75. The Balaban J connectivity index is 2.04. The second-order valence-corrected chi connectivity index (χ2v) is 7.19. The number of aromatic nitrogens is 1. The molecule has 0 radical (unpaired) electrons. The summed E-state index contributed by atoms with van der Waals surface area (Å²) in [5.41, 5.74) is 3.28. The molecule has 5 heteroatoms. The number of anilines is 1. The van der Waals surface area contributed by atoms with Crippen molar-refractivity contribution in [3.63, 3.8) is 0 Å². The lowest BCUT2D eigenvalue weighted by Crippen LogP contribution is -2.28. The van der Waals surface area contributed by atoms with Crippen LogP contribution >= 0.6 is 11.6 Å². The molecule has 1 N–H and O–H groups in total. The first-order valence-corrected chi connectivity index (χ1v) is 9.71. The number of rotatable bonds is 6. The van der Waals surface area contributed by atoms with E-state index in [4.69, 9.17) is 11.6 Å². The Hall–Kier alpha value is -2.85. The fourth-order valence-corrected chi connectivity index (χ4v) is 3.40. The van der Waals surface area contributed by atoms with Gasteiger partial charge in [0.15, 0.2) is 5.43 Å². The molecule has 0 fully saturated rings. The maximum absolute atomic E-state index is 12.9. The molecule has 0 saturated carbocycles. The number of para-hydroxylation sites is 1. The van der Waals surface area contributed by atoms with Crippen molar-refractivity contribution in [1.29, 1.82) is 0 Å². The Bertz CT molecular complexity index is 1020. The Morgan fingerprint density at radius 2 is 1.75 bits per heavy atom. The van der Waals surface area contributed by atoms with Gasteiger partial charge in [0, 0.05) is 34.7 Å². The van der Waals surface area contributed by atoms with Gasteiger partial charge in [-0.05, 0) is 43.2 Å². The van der Waals surface area contributed by atoms with E-state index in [1.807, 2.05) is 60.9 Å². The van der Waals surface area contributed by atoms with Gasteiger partial charge in [0.2, 0.25) is 0 Å². The zero-order chi connectivity index (χ0) is 20.1. The summed E-state index contributed by atoms with van der Waals surface area (Å²) >= 11 is 5.99. The van der Waals surface area contributed by atoms with Crippen molar-refractivity contribution in [2.75, 3.05) is 5.32 Å². The van der Waals surface area contributed by atoms with Crippen LogP contribution < -0.4 is 10.7 Å². The molecule has 0 atom stereocenters. The molecule has 3 aromatic rings. The first kappa shape index (κ1) is 19.9. The average molecular weight is 395 g/mol. The normalized spacial score (nSPS) is 10.7. The van der Waals surface area contributed by atoms with E-state index in [0.717, 1.165) is 23.4 Å². The minimum Gasteiger partial charge on any atom is -0.343 e. The Morgan fingerprint density at radius 1 is 1.07 bits per heavy atom. The first-order valence-electron chi connectivity index (χ1n) is 9.33. The van der Waals surface area contributed by atoms with E-state index in [1.54, 1.807) is 12.1 Å². The van der Waals surface area contributed by atoms with Crippen LogP contribution in [0.3, 0.4) is 0 Å². The molecule has 0 bridgehead atoms. The van der Waals surface area contributed by atoms with E-state index in [9.17, 15) is 9.59 Å². The third-order valence-electron chi connectivity index (χ3n) is 4.63. The standard InChI is InChI=1S/C23H23ClN2O2/c1-3-7-20-22(23(28)25-19-8-5-4-6-9-19)21(27)14-16(2)26(20)15-17-10-12-18(24)13-11-17/h4-6,8-14H,3,7,15H2,1-2H3,(H,25,28). The molecule has 0 aliphatic rings. The maximum Gasteiger partial charge on any atom is 0.261 e. The molecule has 144 valence electrons. The molecule has 3 rings (SSSR count). The second kappa shape index (κ2) is 8.89. The molecule has 0 aliphatic heterocycles. The zero-order valence-corrected chi connectivity index (χ0v) is 16.8. The molecule has 4 nitrogen and oxygen atoms in total. The van der Waals surface area contributed by atoms with Crippen molar-refractivity contribution in [3.8, 4) is 0 Å². The highest BCUT2D eigenvalue weighted by Gasteiger charge is 2.20. The van der Waals surface area contributed by atoms with E-state index in [2.05, 4.69) is 5.32 Å². The van der Waals surface area contributed by atoms with Gasteiger partial charge in [-0.15, -0.1) is 0 Å². The van der Waals surface area contributed by atoms with Gasteiger partial charge in [-0.1, -0.05) is 55.3 Å². The van der Waals surface area contributed by atoms with Gasteiger partial charge in [-0.3, -0.25) is 9.59 Å². The van der Waals surface area contributed by atoms with Crippen LogP contribution in [0, 0.1) is 6.92 Å². The molecule has 2 aromatic carbocycles. The number of aryl methyl sites for hydroxylation is 1. The predicted molar refractivity (Wildman–Crippen MR) is 114 cm³/mol. The van der Waals surface area contributed by atoms with Crippen LogP contribution in [0.5, 0.6) is 0 Å². The molecule has 1 aromatic heterocycles. The van der Waals surface area contributed by atoms with E-state index < -0.39 is 0 Å². The zero-order valence-electron chi connectivity index (χ0n) is 16.0. The molecule has 1 heterocycles. The highest BCUT2D eigenvalue weighted by atomic mass is 35.5. The van der Waals surface area contributed by atoms with Crippen molar-refractivity contribution in [1.82, 2.24) is 4.57 Å². The number of carbonyl (C=O) groups is 1. The third kappa shape index (κ3) is 4.52. The number of nitrogens with one attached hydrogen (secondary N) is 1. The van der Waals surface area contributed by atoms with E-state index in [-0.39, 0.29) is 16.9 Å². The van der Waals surface area contributed by atoms with Crippen molar-refractivity contribution in [2.24, 2.45) is 0 Å². The number of nitrogens with zero attached hydrogens (tertiary/aromatic N) is 1. The van der Waals surface area contributed by atoms with Gasteiger partial charge in [-0.2, -0.15) is 0 Å².